The van der Waals surface area contributed by atoms with Crippen molar-refractivity contribution in [2.75, 3.05) is 39.1 Å². The van der Waals surface area contributed by atoms with Crippen molar-refractivity contribution < 1.29 is 19.4 Å². The van der Waals surface area contributed by atoms with E-state index in [1.165, 1.54) is 4.68 Å². The lowest BCUT2D eigenvalue weighted by Crippen LogP contribution is -2.49. The molecule has 0 spiro atoms. The van der Waals surface area contributed by atoms with Crippen molar-refractivity contribution in [3.05, 3.63) is 41.2 Å². The number of hydrogen-bond acceptors (Lipinski definition) is 6. The van der Waals surface area contributed by atoms with E-state index >= 15 is 0 Å². The Hall–Kier alpha value is -2.91. The van der Waals surface area contributed by atoms with Gasteiger partial charge in [-0.1, -0.05) is 13.0 Å². The maximum absolute atomic E-state index is 13.4. The molecule has 1 aliphatic heterocycles. The molecule has 1 aromatic heterocycles. The Labute approximate surface area is 188 Å². The van der Waals surface area contributed by atoms with Crippen LogP contribution in [0.1, 0.15) is 40.4 Å². The van der Waals surface area contributed by atoms with Crippen molar-refractivity contribution in [1.82, 2.24) is 19.6 Å². The number of para-hydroxylation sites is 1. The number of aromatic nitrogens is 2. The molecule has 174 valence electrons. The number of aliphatic hydroxyl groups is 1. The van der Waals surface area contributed by atoms with E-state index in [1.807, 2.05) is 39.8 Å². The monoisotopic (exact) mass is 443 g/mol. The molecular formula is C23H33N5O4. The Kier molecular flexibility index (Phi) is 7.20. The molecule has 0 saturated heterocycles. The fourth-order valence-corrected chi connectivity index (χ4v) is 3.93. The van der Waals surface area contributed by atoms with Gasteiger partial charge in [-0.3, -0.25) is 14.3 Å². The third-order valence-electron chi connectivity index (χ3n) is 5.72. The highest BCUT2D eigenvalue weighted by Gasteiger charge is 2.34. The van der Waals surface area contributed by atoms with Crippen molar-refractivity contribution in [2.24, 2.45) is 13.0 Å². The molecule has 0 bridgehead atoms. The maximum atomic E-state index is 13.4. The van der Waals surface area contributed by atoms with E-state index in [4.69, 9.17) is 4.74 Å². The third kappa shape index (κ3) is 4.94. The fraction of sp³-hybridized carbons (Fsp3) is 0.522. The van der Waals surface area contributed by atoms with Crippen molar-refractivity contribution >= 4 is 17.5 Å². The predicted molar refractivity (Wildman–Crippen MR) is 122 cm³/mol. The van der Waals surface area contributed by atoms with Gasteiger partial charge in [-0.25, -0.2) is 0 Å². The van der Waals surface area contributed by atoms with Crippen molar-refractivity contribution in [3.63, 3.8) is 0 Å². The summed E-state index contributed by atoms with van der Waals surface area (Å²) in [5.74, 6) is -0.216. The van der Waals surface area contributed by atoms with Gasteiger partial charge in [0.2, 0.25) is 0 Å². The van der Waals surface area contributed by atoms with Crippen LogP contribution in [0.25, 0.3) is 0 Å². The van der Waals surface area contributed by atoms with Gasteiger partial charge in [0, 0.05) is 26.1 Å². The summed E-state index contributed by atoms with van der Waals surface area (Å²) >= 11 is 0. The molecule has 2 N–H and O–H groups in total. The summed E-state index contributed by atoms with van der Waals surface area (Å²) in [4.78, 5) is 30.1. The molecule has 0 aliphatic carbocycles. The molecule has 0 unspecified atom stereocenters. The van der Waals surface area contributed by atoms with E-state index in [0.29, 0.717) is 35.8 Å². The van der Waals surface area contributed by atoms with Gasteiger partial charge in [0.15, 0.2) is 5.75 Å². The summed E-state index contributed by atoms with van der Waals surface area (Å²) in [5, 5.41) is 16.9. The average molecular weight is 444 g/mol. The van der Waals surface area contributed by atoms with Crippen LogP contribution in [-0.4, -0.2) is 82.4 Å². The van der Waals surface area contributed by atoms with Gasteiger partial charge < -0.3 is 25.0 Å². The second kappa shape index (κ2) is 9.70. The van der Waals surface area contributed by atoms with Crippen LogP contribution in [0, 0.1) is 12.8 Å². The van der Waals surface area contributed by atoms with Crippen LogP contribution >= 0.6 is 0 Å². The summed E-state index contributed by atoms with van der Waals surface area (Å²) in [5.41, 5.74) is 1.93. The number of amides is 2. The SMILES string of the molecule is Cc1cc(C(=O)Nc2cccc3c2O[C@@H](CN(C)C)[C@@H](C)CN([C@H](C)CO)C3=O)n(C)n1. The Morgan fingerprint density at radius 1 is 1.41 bits per heavy atom. The number of fused-ring (bicyclic) bond motifs is 1. The predicted octanol–water partition coefficient (Wildman–Crippen LogP) is 1.76. The van der Waals surface area contributed by atoms with E-state index in [1.54, 1.807) is 36.2 Å². The summed E-state index contributed by atoms with van der Waals surface area (Å²) in [6, 6.07) is 6.51. The van der Waals surface area contributed by atoms with Gasteiger partial charge >= 0.3 is 0 Å². The molecule has 0 fully saturated rings. The van der Waals surface area contributed by atoms with E-state index in [9.17, 15) is 14.7 Å². The van der Waals surface area contributed by atoms with E-state index in [2.05, 4.69) is 10.4 Å². The second-order valence-electron chi connectivity index (χ2n) is 8.82. The third-order valence-corrected chi connectivity index (χ3v) is 5.72. The average Bonchev–Trinajstić information content (AvgIpc) is 3.08. The Morgan fingerprint density at radius 3 is 2.72 bits per heavy atom. The molecule has 2 heterocycles. The van der Waals surface area contributed by atoms with Crippen molar-refractivity contribution in [1.29, 1.82) is 0 Å². The standard InChI is InChI=1S/C23H33N5O4/c1-14-11-28(16(3)13-29)23(31)17-8-7-9-18(21(17)32-20(14)12-26(4)5)24-22(30)19-10-15(2)25-27(19)6/h7-10,14,16,20,29H,11-13H2,1-6H3,(H,24,30)/t14-,16+,20-/m0/s1. The number of carbonyl (C=O) groups excluding carboxylic acids is 2. The molecule has 1 aliphatic rings. The largest absolute Gasteiger partial charge is 0.486 e. The van der Waals surface area contributed by atoms with Crippen molar-refractivity contribution in [2.45, 2.75) is 32.9 Å². The highest BCUT2D eigenvalue weighted by atomic mass is 16.5. The van der Waals surface area contributed by atoms with Crippen LogP contribution < -0.4 is 10.1 Å². The lowest BCUT2D eigenvalue weighted by Gasteiger charge is -2.38. The summed E-state index contributed by atoms with van der Waals surface area (Å²) in [6.07, 6.45) is -0.220. The van der Waals surface area contributed by atoms with Gasteiger partial charge in [-0.15, -0.1) is 0 Å². The number of ether oxygens (including phenoxy) is 1. The minimum absolute atomic E-state index is 0.00646. The van der Waals surface area contributed by atoms with Gasteiger partial charge in [0.25, 0.3) is 11.8 Å². The number of nitrogens with one attached hydrogen (secondary N) is 1. The quantitative estimate of drug-likeness (QED) is 0.706. The van der Waals surface area contributed by atoms with E-state index < -0.39 is 0 Å². The number of aryl methyl sites for hydroxylation is 2. The first-order chi connectivity index (χ1) is 15.1. The highest BCUT2D eigenvalue weighted by Crippen LogP contribution is 2.35. The molecule has 2 aromatic rings. The molecular weight excluding hydrogens is 410 g/mol. The summed E-state index contributed by atoms with van der Waals surface area (Å²) < 4.78 is 7.93. The number of rotatable bonds is 6. The second-order valence-corrected chi connectivity index (χ2v) is 8.82. The van der Waals surface area contributed by atoms with Crippen LogP contribution in [0.4, 0.5) is 5.69 Å². The van der Waals surface area contributed by atoms with Crippen LogP contribution in [0.3, 0.4) is 0 Å². The smallest absolute Gasteiger partial charge is 0.274 e. The number of nitrogens with zero attached hydrogens (tertiary/aromatic N) is 4. The lowest BCUT2D eigenvalue weighted by atomic mass is 9.99. The zero-order valence-electron chi connectivity index (χ0n) is 19.6. The van der Waals surface area contributed by atoms with E-state index in [0.717, 1.165) is 5.69 Å². The molecule has 0 radical (unpaired) electrons. The molecule has 2 amide bonds. The zero-order chi connectivity index (χ0) is 23.6. The fourth-order valence-electron chi connectivity index (χ4n) is 3.93. The normalized spacial score (nSPS) is 19.8. The van der Waals surface area contributed by atoms with Gasteiger partial charge in [-0.05, 0) is 46.1 Å². The maximum Gasteiger partial charge on any atom is 0.274 e. The Morgan fingerprint density at radius 2 is 2.12 bits per heavy atom. The molecule has 0 saturated carbocycles. The molecule has 9 heteroatoms. The van der Waals surface area contributed by atoms with Crippen LogP contribution in [0.2, 0.25) is 0 Å². The van der Waals surface area contributed by atoms with E-state index in [-0.39, 0.29) is 36.5 Å². The van der Waals surface area contributed by atoms with Crippen LogP contribution in [0.5, 0.6) is 5.75 Å². The van der Waals surface area contributed by atoms with Crippen molar-refractivity contribution in [3.8, 4) is 5.75 Å². The minimum atomic E-state index is -0.341. The van der Waals surface area contributed by atoms with Gasteiger partial charge in [-0.2, -0.15) is 5.10 Å². The Balaban J connectivity index is 2.05. The van der Waals surface area contributed by atoms with Crippen LogP contribution in [-0.2, 0) is 7.05 Å². The first kappa shape index (κ1) is 23.7. The molecule has 3 atom stereocenters. The lowest BCUT2D eigenvalue weighted by molar-refractivity contribution is 0.0365. The Bertz CT molecular complexity index is 987. The first-order valence-electron chi connectivity index (χ1n) is 10.8. The highest BCUT2D eigenvalue weighted by molar-refractivity contribution is 6.06. The summed E-state index contributed by atoms with van der Waals surface area (Å²) in [6.45, 7) is 6.64. The molecule has 32 heavy (non-hydrogen) atoms. The topological polar surface area (TPSA) is 99.9 Å². The number of carbonyl (C=O) groups is 2. The molecule has 1 aromatic carbocycles. The molecule has 9 nitrogen and oxygen atoms in total. The zero-order valence-corrected chi connectivity index (χ0v) is 19.6. The van der Waals surface area contributed by atoms with Gasteiger partial charge in [0.05, 0.1) is 29.6 Å². The first-order valence-corrected chi connectivity index (χ1v) is 10.8. The number of anilines is 1. The number of benzene rings is 1. The van der Waals surface area contributed by atoms with Crippen LogP contribution in [0.15, 0.2) is 24.3 Å². The number of aliphatic hydroxyl groups excluding tert-OH is 1. The number of hydrogen-bond donors (Lipinski definition) is 2. The number of likely N-dealkylation sites (N-methyl/N-ethyl adjacent to an activating group) is 1. The van der Waals surface area contributed by atoms with Gasteiger partial charge in [0.1, 0.15) is 11.8 Å². The molecule has 3 rings (SSSR count). The minimum Gasteiger partial charge on any atom is -0.486 e. The summed E-state index contributed by atoms with van der Waals surface area (Å²) in [7, 11) is 5.64.